The van der Waals surface area contributed by atoms with Crippen LogP contribution in [0.3, 0.4) is 0 Å². The Hall–Kier alpha value is -2.63. The van der Waals surface area contributed by atoms with Crippen LogP contribution in [0.2, 0.25) is 0 Å². The fourth-order valence-electron chi connectivity index (χ4n) is 2.35. The summed E-state index contributed by atoms with van der Waals surface area (Å²) in [5.74, 6) is 0.189. The van der Waals surface area contributed by atoms with Crippen LogP contribution in [0, 0.1) is 0 Å². The maximum absolute atomic E-state index is 10.9. The number of rotatable bonds is 2. The van der Waals surface area contributed by atoms with E-state index in [1.54, 1.807) is 0 Å². The van der Waals surface area contributed by atoms with Crippen molar-refractivity contribution in [3.63, 3.8) is 0 Å². The molecule has 0 radical (unpaired) electrons. The smallest absolute Gasteiger partial charge is 0.341 e. The summed E-state index contributed by atoms with van der Waals surface area (Å²) in [6, 6.07) is 7.69. The molecule has 2 aromatic rings. The van der Waals surface area contributed by atoms with E-state index in [2.05, 4.69) is 9.97 Å². The first kappa shape index (κ1) is 12.4. The minimum Gasteiger partial charge on any atom is -0.493 e. The second-order valence-electron chi connectivity index (χ2n) is 4.56. The summed E-state index contributed by atoms with van der Waals surface area (Å²) >= 11 is 0. The summed E-state index contributed by atoms with van der Waals surface area (Å²) in [7, 11) is 0. The van der Waals surface area contributed by atoms with E-state index >= 15 is 0 Å². The van der Waals surface area contributed by atoms with Crippen LogP contribution in [0.15, 0.2) is 30.5 Å². The van der Waals surface area contributed by atoms with Gasteiger partial charge in [0.1, 0.15) is 23.0 Å². The molecule has 0 aliphatic carbocycles. The molecular formula is C14H13N3O3. The van der Waals surface area contributed by atoms with Gasteiger partial charge in [-0.2, -0.15) is 0 Å². The summed E-state index contributed by atoms with van der Waals surface area (Å²) in [6.45, 7) is 0.575. The van der Waals surface area contributed by atoms with E-state index in [0.29, 0.717) is 12.4 Å². The van der Waals surface area contributed by atoms with Gasteiger partial charge in [-0.1, -0.05) is 18.2 Å². The first-order valence-corrected chi connectivity index (χ1v) is 6.24. The lowest BCUT2D eigenvalue weighted by atomic mass is 9.92. The number of benzene rings is 1. The zero-order valence-electron chi connectivity index (χ0n) is 10.6. The molecule has 1 aliphatic heterocycles. The molecule has 1 atom stereocenters. The predicted molar refractivity (Wildman–Crippen MR) is 71.8 cm³/mol. The average Bonchev–Trinajstić information content (AvgIpc) is 2.46. The molecule has 3 N–H and O–H groups in total. The quantitative estimate of drug-likeness (QED) is 0.862. The Morgan fingerprint density at radius 1 is 1.40 bits per heavy atom. The number of para-hydroxylation sites is 1. The van der Waals surface area contributed by atoms with Crippen molar-refractivity contribution in [1.29, 1.82) is 0 Å². The number of nitrogens with two attached hydrogens (primary N) is 1. The first-order valence-electron chi connectivity index (χ1n) is 6.24. The number of carboxylic acid groups (broad SMARTS) is 1. The maximum atomic E-state index is 10.9. The van der Waals surface area contributed by atoms with Gasteiger partial charge in [0.25, 0.3) is 0 Å². The molecule has 1 aromatic heterocycles. The SMILES string of the molecule is Nc1nc(C2CCOc3ccccc32)ncc1C(=O)O. The molecule has 1 aliphatic rings. The Balaban J connectivity index is 2.03. The molecule has 1 unspecified atom stereocenters. The van der Waals surface area contributed by atoms with E-state index in [1.807, 2.05) is 24.3 Å². The Kier molecular flexibility index (Phi) is 2.98. The molecule has 0 spiro atoms. The zero-order valence-corrected chi connectivity index (χ0v) is 10.6. The fourth-order valence-corrected chi connectivity index (χ4v) is 2.35. The lowest BCUT2D eigenvalue weighted by Gasteiger charge is -2.24. The Morgan fingerprint density at radius 3 is 2.95 bits per heavy atom. The number of aromatic carboxylic acids is 1. The topological polar surface area (TPSA) is 98.3 Å². The number of hydrogen-bond donors (Lipinski definition) is 2. The van der Waals surface area contributed by atoms with E-state index < -0.39 is 5.97 Å². The van der Waals surface area contributed by atoms with Crippen LogP contribution in [-0.2, 0) is 0 Å². The molecular weight excluding hydrogens is 258 g/mol. The van der Waals surface area contributed by atoms with Crippen molar-refractivity contribution < 1.29 is 14.6 Å². The number of anilines is 1. The lowest BCUT2D eigenvalue weighted by Crippen LogP contribution is -2.18. The number of carboxylic acids is 1. The number of fused-ring (bicyclic) bond motifs is 1. The predicted octanol–water partition coefficient (Wildman–Crippen LogP) is 1.67. The van der Waals surface area contributed by atoms with Gasteiger partial charge in [-0.25, -0.2) is 14.8 Å². The molecule has 6 nitrogen and oxygen atoms in total. The molecule has 20 heavy (non-hydrogen) atoms. The van der Waals surface area contributed by atoms with E-state index in [-0.39, 0.29) is 17.3 Å². The van der Waals surface area contributed by atoms with Crippen LogP contribution in [0.25, 0.3) is 0 Å². The van der Waals surface area contributed by atoms with Gasteiger partial charge in [-0.15, -0.1) is 0 Å². The van der Waals surface area contributed by atoms with E-state index in [0.717, 1.165) is 17.7 Å². The highest BCUT2D eigenvalue weighted by Gasteiger charge is 2.25. The van der Waals surface area contributed by atoms with Crippen molar-refractivity contribution in [2.75, 3.05) is 12.3 Å². The molecule has 102 valence electrons. The largest absolute Gasteiger partial charge is 0.493 e. The third-order valence-corrected chi connectivity index (χ3v) is 3.34. The van der Waals surface area contributed by atoms with Gasteiger partial charge in [0, 0.05) is 11.8 Å². The third kappa shape index (κ3) is 2.05. The van der Waals surface area contributed by atoms with E-state index in [1.165, 1.54) is 6.20 Å². The van der Waals surface area contributed by atoms with Crippen molar-refractivity contribution in [3.05, 3.63) is 47.4 Å². The molecule has 3 rings (SSSR count). The average molecular weight is 271 g/mol. The number of aromatic nitrogens is 2. The standard InChI is InChI=1S/C14H13N3O3/c15-12-10(14(18)19)7-16-13(17-12)9-5-6-20-11-4-2-1-3-8(9)11/h1-4,7,9H,5-6H2,(H,18,19)(H2,15,16,17). The minimum absolute atomic E-state index is 0.00790. The molecule has 0 amide bonds. The number of nitrogens with zero attached hydrogens (tertiary/aromatic N) is 2. The van der Waals surface area contributed by atoms with Gasteiger partial charge >= 0.3 is 5.97 Å². The minimum atomic E-state index is -1.12. The molecule has 0 saturated heterocycles. The number of carbonyl (C=O) groups is 1. The van der Waals surface area contributed by atoms with E-state index in [4.69, 9.17) is 15.6 Å². The van der Waals surface area contributed by atoms with E-state index in [9.17, 15) is 4.79 Å². The molecule has 0 bridgehead atoms. The van der Waals surface area contributed by atoms with Crippen LogP contribution in [0.4, 0.5) is 5.82 Å². The van der Waals surface area contributed by atoms with Crippen LogP contribution < -0.4 is 10.5 Å². The summed E-state index contributed by atoms with van der Waals surface area (Å²) in [6.07, 6.45) is 2.00. The highest BCUT2D eigenvalue weighted by atomic mass is 16.5. The molecule has 6 heteroatoms. The van der Waals surface area contributed by atoms with Gasteiger partial charge in [0.05, 0.1) is 12.5 Å². The monoisotopic (exact) mass is 271 g/mol. The van der Waals surface area contributed by atoms with Gasteiger partial charge in [-0.3, -0.25) is 0 Å². The number of nitrogen functional groups attached to an aromatic ring is 1. The summed E-state index contributed by atoms with van der Waals surface area (Å²) < 4.78 is 5.59. The lowest BCUT2D eigenvalue weighted by molar-refractivity contribution is 0.0697. The maximum Gasteiger partial charge on any atom is 0.341 e. The van der Waals surface area contributed by atoms with Gasteiger partial charge < -0.3 is 15.6 Å². The second-order valence-corrected chi connectivity index (χ2v) is 4.56. The fraction of sp³-hybridized carbons (Fsp3) is 0.214. The van der Waals surface area contributed by atoms with Crippen molar-refractivity contribution in [2.45, 2.75) is 12.3 Å². The Labute approximate surface area is 115 Å². The van der Waals surface area contributed by atoms with Crippen LogP contribution in [0.5, 0.6) is 5.75 Å². The van der Waals surface area contributed by atoms with Crippen molar-refractivity contribution in [3.8, 4) is 5.75 Å². The Morgan fingerprint density at radius 2 is 2.20 bits per heavy atom. The molecule has 1 aromatic carbocycles. The third-order valence-electron chi connectivity index (χ3n) is 3.34. The summed E-state index contributed by atoms with van der Waals surface area (Å²) in [5, 5.41) is 8.94. The van der Waals surface area contributed by atoms with Gasteiger partial charge in [0.15, 0.2) is 0 Å². The normalized spacial score (nSPS) is 17.1. The van der Waals surface area contributed by atoms with Crippen LogP contribution in [0.1, 0.15) is 34.1 Å². The summed E-state index contributed by atoms with van der Waals surface area (Å²) in [5.41, 5.74) is 6.61. The van der Waals surface area contributed by atoms with Crippen molar-refractivity contribution in [2.24, 2.45) is 0 Å². The van der Waals surface area contributed by atoms with Crippen molar-refractivity contribution in [1.82, 2.24) is 9.97 Å². The number of ether oxygens (including phenoxy) is 1. The second kappa shape index (κ2) is 4.80. The Bertz CT molecular complexity index is 672. The van der Waals surface area contributed by atoms with Crippen LogP contribution in [-0.4, -0.2) is 27.7 Å². The molecule has 0 saturated carbocycles. The molecule has 0 fully saturated rings. The van der Waals surface area contributed by atoms with Crippen molar-refractivity contribution >= 4 is 11.8 Å². The van der Waals surface area contributed by atoms with Gasteiger partial charge in [0.2, 0.25) is 0 Å². The zero-order chi connectivity index (χ0) is 14.1. The van der Waals surface area contributed by atoms with Gasteiger partial charge in [-0.05, 0) is 12.5 Å². The summed E-state index contributed by atoms with van der Waals surface area (Å²) in [4.78, 5) is 19.2. The highest BCUT2D eigenvalue weighted by Crippen LogP contribution is 2.36. The highest BCUT2D eigenvalue weighted by molar-refractivity contribution is 5.92. The first-order chi connectivity index (χ1) is 9.66. The van der Waals surface area contributed by atoms with Crippen LogP contribution >= 0.6 is 0 Å². The number of hydrogen-bond acceptors (Lipinski definition) is 5. The molecule has 2 heterocycles.